The molecule has 6 heteroatoms. The molecule has 2 unspecified atom stereocenters. The number of nitro groups is 1. The molecule has 0 saturated carbocycles. The number of nitrogens with one attached hydrogen (secondary N) is 1. The van der Waals surface area contributed by atoms with Crippen LogP contribution in [0.3, 0.4) is 0 Å². The molecule has 18 heavy (non-hydrogen) atoms. The SMILES string of the molecule is CC1CN(C)CCC1NCc1ccc([N+](=O)[O-])o1. The minimum Gasteiger partial charge on any atom is -0.404 e. The number of hydrogen-bond acceptors (Lipinski definition) is 5. The lowest BCUT2D eigenvalue weighted by molar-refractivity contribution is -0.402. The van der Waals surface area contributed by atoms with E-state index in [1.807, 2.05) is 0 Å². The molecule has 0 aliphatic carbocycles. The third-order valence-corrected chi connectivity index (χ3v) is 3.47. The molecule has 0 amide bonds. The van der Waals surface area contributed by atoms with E-state index in [9.17, 15) is 10.1 Å². The van der Waals surface area contributed by atoms with Crippen LogP contribution in [-0.2, 0) is 6.54 Å². The van der Waals surface area contributed by atoms with Crippen LogP contribution >= 0.6 is 0 Å². The Morgan fingerprint density at radius 1 is 1.61 bits per heavy atom. The zero-order valence-electron chi connectivity index (χ0n) is 10.8. The summed E-state index contributed by atoms with van der Waals surface area (Å²) in [4.78, 5) is 12.3. The Morgan fingerprint density at radius 3 is 3.00 bits per heavy atom. The second-order valence-corrected chi connectivity index (χ2v) is 5.01. The molecule has 1 aliphatic rings. The molecule has 1 fully saturated rings. The van der Waals surface area contributed by atoms with Crippen LogP contribution in [0, 0.1) is 16.0 Å². The third kappa shape index (κ3) is 3.08. The molecule has 2 rings (SSSR count). The fraction of sp³-hybridized carbons (Fsp3) is 0.667. The van der Waals surface area contributed by atoms with Crippen molar-refractivity contribution in [3.8, 4) is 0 Å². The monoisotopic (exact) mass is 253 g/mol. The van der Waals surface area contributed by atoms with Crippen LogP contribution in [0.25, 0.3) is 0 Å². The Bertz CT molecular complexity index is 418. The highest BCUT2D eigenvalue weighted by Crippen LogP contribution is 2.18. The number of piperidine rings is 1. The second kappa shape index (κ2) is 5.49. The van der Waals surface area contributed by atoms with Crippen LogP contribution in [0.5, 0.6) is 0 Å². The molecule has 2 heterocycles. The summed E-state index contributed by atoms with van der Waals surface area (Å²) >= 11 is 0. The number of furan rings is 1. The van der Waals surface area contributed by atoms with Gasteiger partial charge in [-0.2, -0.15) is 0 Å². The fourth-order valence-corrected chi connectivity index (χ4v) is 2.45. The van der Waals surface area contributed by atoms with Crippen molar-refractivity contribution in [1.82, 2.24) is 10.2 Å². The summed E-state index contributed by atoms with van der Waals surface area (Å²) in [7, 11) is 2.13. The van der Waals surface area contributed by atoms with Gasteiger partial charge in [0, 0.05) is 12.6 Å². The maximum atomic E-state index is 10.5. The predicted molar refractivity (Wildman–Crippen MR) is 67.3 cm³/mol. The Balaban J connectivity index is 1.85. The molecule has 1 aromatic rings. The molecule has 100 valence electrons. The first-order valence-electron chi connectivity index (χ1n) is 6.21. The van der Waals surface area contributed by atoms with Gasteiger partial charge in [-0.25, -0.2) is 0 Å². The van der Waals surface area contributed by atoms with Gasteiger partial charge in [-0.05, 0) is 32.0 Å². The molecule has 1 aliphatic heterocycles. The van der Waals surface area contributed by atoms with Gasteiger partial charge >= 0.3 is 5.88 Å². The lowest BCUT2D eigenvalue weighted by Gasteiger charge is -2.35. The zero-order valence-corrected chi connectivity index (χ0v) is 10.8. The minimum absolute atomic E-state index is 0.191. The summed E-state index contributed by atoms with van der Waals surface area (Å²) in [5.41, 5.74) is 0. The minimum atomic E-state index is -0.512. The topological polar surface area (TPSA) is 71.5 Å². The van der Waals surface area contributed by atoms with Crippen molar-refractivity contribution >= 4 is 5.88 Å². The van der Waals surface area contributed by atoms with Gasteiger partial charge in [0.05, 0.1) is 12.6 Å². The average Bonchev–Trinajstić information content (AvgIpc) is 2.76. The number of nitrogens with zero attached hydrogens (tertiary/aromatic N) is 2. The number of rotatable bonds is 4. The van der Waals surface area contributed by atoms with Gasteiger partial charge in [-0.15, -0.1) is 0 Å². The van der Waals surface area contributed by atoms with Crippen molar-refractivity contribution in [1.29, 1.82) is 0 Å². The van der Waals surface area contributed by atoms with Crippen molar-refractivity contribution in [2.24, 2.45) is 5.92 Å². The summed E-state index contributed by atoms with van der Waals surface area (Å²) in [5, 5.41) is 13.9. The quantitative estimate of drug-likeness (QED) is 0.652. The number of hydrogen-bond donors (Lipinski definition) is 1. The Labute approximate surface area is 106 Å². The highest BCUT2D eigenvalue weighted by molar-refractivity contribution is 5.17. The Morgan fingerprint density at radius 2 is 2.39 bits per heavy atom. The number of likely N-dealkylation sites (tertiary alicyclic amines) is 1. The van der Waals surface area contributed by atoms with Gasteiger partial charge in [0.2, 0.25) is 0 Å². The molecule has 1 N–H and O–H groups in total. The second-order valence-electron chi connectivity index (χ2n) is 5.01. The van der Waals surface area contributed by atoms with E-state index < -0.39 is 4.92 Å². The summed E-state index contributed by atoms with van der Waals surface area (Å²) in [6.45, 7) is 4.93. The molecule has 0 radical (unpaired) electrons. The van der Waals surface area contributed by atoms with Crippen molar-refractivity contribution in [2.45, 2.75) is 25.9 Å². The first-order valence-corrected chi connectivity index (χ1v) is 6.21. The lowest BCUT2D eigenvalue weighted by Crippen LogP contribution is -2.46. The van der Waals surface area contributed by atoms with E-state index in [0.29, 0.717) is 24.3 Å². The zero-order chi connectivity index (χ0) is 13.1. The van der Waals surface area contributed by atoms with E-state index >= 15 is 0 Å². The normalized spacial score (nSPS) is 25.2. The molecule has 6 nitrogen and oxygen atoms in total. The molecule has 2 atom stereocenters. The van der Waals surface area contributed by atoms with E-state index in [4.69, 9.17) is 4.42 Å². The Kier molecular flexibility index (Phi) is 3.98. The first-order chi connectivity index (χ1) is 8.56. The van der Waals surface area contributed by atoms with E-state index in [0.717, 1.165) is 19.5 Å². The summed E-state index contributed by atoms with van der Waals surface area (Å²) in [6, 6.07) is 3.50. The van der Waals surface area contributed by atoms with E-state index in [2.05, 4.69) is 24.2 Å². The maximum Gasteiger partial charge on any atom is 0.433 e. The lowest BCUT2D eigenvalue weighted by atomic mass is 9.94. The van der Waals surface area contributed by atoms with Crippen LogP contribution in [0.2, 0.25) is 0 Å². The van der Waals surface area contributed by atoms with Gasteiger partial charge in [0.25, 0.3) is 0 Å². The van der Waals surface area contributed by atoms with Gasteiger partial charge in [0.1, 0.15) is 10.7 Å². The molecule has 0 spiro atoms. The highest BCUT2D eigenvalue weighted by Gasteiger charge is 2.24. The Hall–Kier alpha value is -1.40. The maximum absolute atomic E-state index is 10.5. The summed E-state index contributed by atoms with van der Waals surface area (Å²) < 4.78 is 5.12. The van der Waals surface area contributed by atoms with Crippen molar-refractivity contribution in [3.05, 3.63) is 28.0 Å². The van der Waals surface area contributed by atoms with Crippen LogP contribution in [0.1, 0.15) is 19.1 Å². The smallest absolute Gasteiger partial charge is 0.404 e. The summed E-state index contributed by atoms with van der Waals surface area (Å²) in [5.74, 6) is 1.00. The standard InChI is InChI=1S/C12H19N3O3/c1-9-8-14(2)6-5-11(9)13-7-10-3-4-12(18-10)15(16)17/h3-4,9,11,13H,5-8H2,1-2H3. The van der Waals surface area contributed by atoms with Gasteiger partial charge in [-0.1, -0.05) is 6.92 Å². The van der Waals surface area contributed by atoms with E-state index in [-0.39, 0.29) is 5.88 Å². The summed E-state index contributed by atoms with van der Waals surface area (Å²) in [6.07, 6.45) is 1.10. The molecule has 0 aromatic carbocycles. The van der Waals surface area contributed by atoms with Gasteiger partial charge in [-0.3, -0.25) is 10.1 Å². The molecular weight excluding hydrogens is 234 g/mol. The molecule has 1 saturated heterocycles. The van der Waals surface area contributed by atoms with E-state index in [1.165, 1.54) is 6.07 Å². The molecule has 1 aromatic heterocycles. The van der Waals surface area contributed by atoms with Gasteiger partial charge < -0.3 is 14.6 Å². The fourth-order valence-electron chi connectivity index (χ4n) is 2.45. The third-order valence-electron chi connectivity index (χ3n) is 3.47. The highest BCUT2D eigenvalue weighted by atomic mass is 16.6. The van der Waals surface area contributed by atoms with Gasteiger partial charge in [0.15, 0.2) is 0 Å². The van der Waals surface area contributed by atoms with E-state index in [1.54, 1.807) is 6.07 Å². The van der Waals surface area contributed by atoms with Crippen molar-refractivity contribution < 1.29 is 9.34 Å². The van der Waals surface area contributed by atoms with Crippen molar-refractivity contribution in [3.63, 3.8) is 0 Å². The molecule has 0 bridgehead atoms. The van der Waals surface area contributed by atoms with Crippen LogP contribution in [-0.4, -0.2) is 36.0 Å². The van der Waals surface area contributed by atoms with Crippen LogP contribution in [0.15, 0.2) is 16.5 Å². The van der Waals surface area contributed by atoms with Crippen LogP contribution in [0.4, 0.5) is 5.88 Å². The molecular formula is C12H19N3O3. The largest absolute Gasteiger partial charge is 0.433 e. The van der Waals surface area contributed by atoms with Crippen molar-refractivity contribution in [2.75, 3.05) is 20.1 Å². The predicted octanol–water partition coefficient (Wildman–Crippen LogP) is 1.62. The average molecular weight is 253 g/mol. The first kappa shape index (κ1) is 13.0. The van der Waals surface area contributed by atoms with Crippen LogP contribution < -0.4 is 5.32 Å².